The Morgan fingerprint density at radius 3 is 2.93 bits per heavy atom. The molecule has 0 saturated carbocycles. The van der Waals surface area contributed by atoms with Gasteiger partial charge in [-0.3, -0.25) is 0 Å². The Balaban J connectivity index is 2.07. The highest BCUT2D eigenvalue weighted by Gasteiger charge is 2.02. The van der Waals surface area contributed by atoms with Crippen LogP contribution < -0.4 is 0 Å². The maximum atomic E-state index is 5.95. The van der Waals surface area contributed by atoms with E-state index in [-0.39, 0.29) is 0 Å². The smallest absolute Gasteiger partial charge is 0.0601 e. The summed E-state index contributed by atoms with van der Waals surface area (Å²) >= 11 is 13.1. The summed E-state index contributed by atoms with van der Waals surface area (Å²) in [7, 11) is 0. The molecule has 0 fully saturated rings. The SMILES string of the molecule is Clc1ccc(Br)c(CSc2cccs2)c1. The Hall–Kier alpha value is 0.0400. The number of thiophene rings is 1. The van der Waals surface area contributed by atoms with Crippen molar-refractivity contribution in [3.63, 3.8) is 0 Å². The van der Waals surface area contributed by atoms with Gasteiger partial charge in [0, 0.05) is 15.2 Å². The van der Waals surface area contributed by atoms with Crippen LogP contribution in [0.25, 0.3) is 0 Å². The number of hydrogen-bond donors (Lipinski definition) is 0. The minimum absolute atomic E-state index is 0.792. The molecule has 2 rings (SSSR count). The predicted octanol–water partition coefficient (Wildman–Crippen LogP) is 5.46. The number of thioether (sulfide) groups is 1. The summed E-state index contributed by atoms with van der Waals surface area (Å²) in [6, 6.07) is 10.1. The van der Waals surface area contributed by atoms with Gasteiger partial charge in [-0.05, 0) is 35.2 Å². The molecule has 2 aromatic rings. The lowest BCUT2D eigenvalue weighted by Crippen LogP contribution is -1.82. The van der Waals surface area contributed by atoms with Gasteiger partial charge in [-0.1, -0.05) is 33.6 Å². The van der Waals surface area contributed by atoms with E-state index in [2.05, 4.69) is 33.4 Å². The van der Waals surface area contributed by atoms with Crippen molar-refractivity contribution in [2.75, 3.05) is 0 Å². The fraction of sp³-hybridized carbons (Fsp3) is 0.0909. The molecule has 0 radical (unpaired) electrons. The first-order valence-electron chi connectivity index (χ1n) is 4.36. The van der Waals surface area contributed by atoms with E-state index in [1.54, 1.807) is 11.3 Å². The fourth-order valence-corrected chi connectivity index (χ4v) is 3.69. The van der Waals surface area contributed by atoms with Crippen LogP contribution in [0.4, 0.5) is 0 Å². The average Bonchev–Trinajstić information content (AvgIpc) is 2.72. The highest BCUT2D eigenvalue weighted by Crippen LogP contribution is 2.31. The minimum atomic E-state index is 0.792. The minimum Gasteiger partial charge on any atom is -0.137 e. The third kappa shape index (κ3) is 3.25. The highest BCUT2D eigenvalue weighted by molar-refractivity contribution is 9.10. The van der Waals surface area contributed by atoms with Crippen molar-refractivity contribution in [3.05, 3.63) is 50.8 Å². The van der Waals surface area contributed by atoms with E-state index in [1.807, 2.05) is 30.0 Å². The van der Waals surface area contributed by atoms with E-state index in [0.717, 1.165) is 15.2 Å². The van der Waals surface area contributed by atoms with Crippen molar-refractivity contribution in [3.8, 4) is 0 Å². The second-order valence-electron chi connectivity index (χ2n) is 2.96. The quantitative estimate of drug-likeness (QED) is 0.677. The average molecular weight is 320 g/mol. The lowest BCUT2D eigenvalue weighted by Gasteiger charge is -2.03. The number of rotatable bonds is 3. The van der Waals surface area contributed by atoms with Gasteiger partial charge in [-0.25, -0.2) is 0 Å². The Labute approximate surface area is 111 Å². The van der Waals surface area contributed by atoms with Crippen LogP contribution >= 0.6 is 50.6 Å². The molecule has 1 aromatic carbocycles. The third-order valence-electron chi connectivity index (χ3n) is 1.87. The van der Waals surface area contributed by atoms with E-state index in [1.165, 1.54) is 9.77 Å². The second kappa shape index (κ2) is 5.39. The molecular formula is C11H8BrClS2. The lowest BCUT2D eigenvalue weighted by molar-refractivity contribution is 1.38. The van der Waals surface area contributed by atoms with Crippen LogP contribution in [0.1, 0.15) is 5.56 Å². The maximum absolute atomic E-state index is 5.95. The molecule has 0 nitrogen and oxygen atoms in total. The molecule has 4 heteroatoms. The summed E-state index contributed by atoms with van der Waals surface area (Å²) in [6.07, 6.45) is 0. The molecule has 0 aliphatic heterocycles. The summed E-state index contributed by atoms with van der Waals surface area (Å²) in [5.41, 5.74) is 1.24. The summed E-state index contributed by atoms with van der Waals surface area (Å²) in [5.74, 6) is 0.946. The molecule has 0 atom stereocenters. The van der Waals surface area contributed by atoms with Crippen molar-refractivity contribution in [1.29, 1.82) is 0 Å². The molecule has 0 spiro atoms. The zero-order valence-corrected chi connectivity index (χ0v) is 11.7. The van der Waals surface area contributed by atoms with Gasteiger partial charge < -0.3 is 0 Å². The van der Waals surface area contributed by atoms with Crippen molar-refractivity contribution in [1.82, 2.24) is 0 Å². The summed E-state index contributed by atoms with van der Waals surface area (Å²) in [5, 5.41) is 2.88. The maximum Gasteiger partial charge on any atom is 0.0601 e. The van der Waals surface area contributed by atoms with Crippen LogP contribution in [0.15, 0.2) is 44.4 Å². The highest BCUT2D eigenvalue weighted by atomic mass is 79.9. The van der Waals surface area contributed by atoms with Crippen molar-refractivity contribution in [2.24, 2.45) is 0 Å². The van der Waals surface area contributed by atoms with Gasteiger partial charge in [0.1, 0.15) is 0 Å². The number of hydrogen-bond acceptors (Lipinski definition) is 2. The van der Waals surface area contributed by atoms with Gasteiger partial charge in [0.2, 0.25) is 0 Å². The number of halogens is 2. The molecule has 1 aromatic heterocycles. The summed E-state index contributed by atoms with van der Waals surface area (Å²) in [6.45, 7) is 0. The van der Waals surface area contributed by atoms with Crippen LogP contribution in [-0.4, -0.2) is 0 Å². The fourth-order valence-electron chi connectivity index (χ4n) is 1.15. The first kappa shape index (κ1) is 11.5. The number of benzene rings is 1. The van der Waals surface area contributed by atoms with E-state index >= 15 is 0 Å². The van der Waals surface area contributed by atoms with Crippen molar-refractivity contribution < 1.29 is 0 Å². The second-order valence-corrected chi connectivity index (χ2v) is 6.47. The van der Waals surface area contributed by atoms with Crippen LogP contribution in [0.3, 0.4) is 0 Å². The monoisotopic (exact) mass is 318 g/mol. The Morgan fingerprint density at radius 2 is 2.20 bits per heavy atom. The first-order valence-corrected chi connectivity index (χ1v) is 7.39. The molecular weight excluding hydrogens is 312 g/mol. The zero-order valence-electron chi connectivity index (χ0n) is 7.74. The third-order valence-corrected chi connectivity index (χ3v) is 5.06. The Bertz CT molecular complexity index is 440. The van der Waals surface area contributed by atoms with Crippen molar-refractivity contribution >= 4 is 50.6 Å². The van der Waals surface area contributed by atoms with Crippen LogP contribution in [0.5, 0.6) is 0 Å². The van der Waals surface area contributed by atoms with E-state index < -0.39 is 0 Å². The molecule has 0 bridgehead atoms. The standard InChI is InChI=1S/C11H8BrClS2/c12-10-4-3-9(13)6-8(10)7-15-11-2-1-5-14-11/h1-6H,7H2. The van der Waals surface area contributed by atoms with Crippen LogP contribution in [-0.2, 0) is 5.75 Å². The molecule has 0 aliphatic rings. The molecule has 1 heterocycles. The van der Waals surface area contributed by atoms with E-state index in [9.17, 15) is 0 Å². The molecule has 0 unspecified atom stereocenters. The normalized spacial score (nSPS) is 10.5. The van der Waals surface area contributed by atoms with Gasteiger partial charge in [0.05, 0.1) is 4.21 Å². The van der Waals surface area contributed by atoms with E-state index in [4.69, 9.17) is 11.6 Å². The van der Waals surface area contributed by atoms with Gasteiger partial charge in [0.15, 0.2) is 0 Å². The zero-order chi connectivity index (χ0) is 10.7. The molecule has 0 saturated heterocycles. The molecule has 78 valence electrons. The van der Waals surface area contributed by atoms with Gasteiger partial charge >= 0.3 is 0 Å². The van der Waals surface area contributed by atoms with Gasteiger partial charge in [0.25, 0.3) is 0 Å². The van der Waals surface area contributed by atoms with Crippen LogP contribution in [0, 0.1) is 0 Å². The summed E-state index contributed by atoms with van der Waals surface area (Å²) in [4.78, 5) is 0. The molecule has 15 heavy (non-hydrogen) atoms. The summed E-state index contributed by atoms with van der Waals surface area (Å²) < 4.78 is 2.46. The lowest BCUT2D eigenvalue weighted by atomic mass is 10.2. The van der Waals surface area contributed by atoms with Crippen LogP contribution in [0.2, 0.25) is 5.02 Å². The van der Waals surface area contributed by atoms with E-state index in [0.29, 0.717) is 0 Å². The first-order chi connectivity index (χ1) is 7.25. The van der Waals surface area contributed by atoms with Gasteiger partial charge in [-0.2, -0.15) is 0 Å². The largest absolute Gasteiger partial charge is 0.137 e. The molecule has 0 aliphatic carbocycles. The Morgan fingerprint density at radius 1 is 1.33 bits per heavy atom. The van der Waals surface area contributed by atoms with Crippen molar-refractivity contribution in [2.45, 2.75) is 9.96 Å². The Kier molecular flexibility index (Phi) is 4.14. The van der Waals surface area contributed by atoms with Gasteiger partial charge in [-0.15, -0.1) is 23.1 Å². The topological polar surface area (TPSA) is 0 Å². The predicted molar refractivity (Wildman–Crippen MR) is 73.0 cm³/mol. The molecule has 0 amide bonds. The molecule has 0 N–H and O–H groups in total.